The van der Waals surface area contributed by atoms with Gasteiger partial charge in [-0.25, -0.2) is 4.98 Å². The quantitative estimate of drug-likeness (QED) is 0.809. The number of aromatic nitrogens is 1. The molecule has 0 saturated heterocycles. The van der Waals surface area contributed by atoms with Crippen molar-refractivity contribution in [2.24, 2.45) is 0 Å². The lowest BCUT2D eigenvalue weighted by atomic mass is 10.1. The van der Waals surface area contributed by atoms with Crippen molar-refractivity contribution >= 4 is 44.7 Å². The van der Waals surface area contributed by atoms with E-state index in [0.717, 1.165) is 15.9 Å². The topological polar surface area (TPSA) is 102 Å². The van der Waals surface area contributed by atoms with Crippen molar-refractivity contribution in [3.63, 3.8) is 0 Å². The minimum atomic E-state index is -0.303. The standard InChI is InChI=1S/C16H19N3O3S/c1-9-3-6-12-13(17)14(23-16(12)19-9)15(22)18-8-7-11(21)5-4-10(2)20/h3,6H,4-5,7-8,17H2,1-2H3,(H,18,22). The molecule has 0 bridgehead atoms. The average molecular weight is 333 g/mol. The minimum absolute atomic E-state index is 0.0109. The Kier molecular flexibility index (Phi) is 5.44. The first-order valence-electron chi connectivity index (χ1n) is 7.33. The number of ketones is 2. The van der Waals surface area contributed by atoms with Crippen LogP contribution in [0.25, 0.3) is 10.2 Å². The highest BCUT2D eigenvalue weighted by Gasteiger charge is 2.17. The Morgan fingerprint density at radius 1 is 1.22 bits per heavy atom. The molecule has 2 rings (SSSR count). The number of fused-ring (bicyclic) bond motifs is 1. The second-order valence-electron chi connectivity index (χ2n) is 5.40. The number of anilines is 1. The molecule has 7 heteroatoms. The summed E-state index contributed by atoms with van der Waals surface area (Å²) in [5, 5.41) is 3.46. The summed E-state index contributed by atoms with van der Waals surface area (Å²) in [5.41, 5.74) is 7.29. The zero-order valence-corrected chi connectivity index (χ0v) is 14.0. The van der Waals surface area contributed by atoms with Gasteiger partial charge in [0.2, 0.25) is 0 Å². The zero-order valence-electron chi connectivity index (χ0n) is 13.1. The van der Waals surface area contributed by atoms with Crippen LogP contribution >= 0.6 is 11.3 Å². The molecule has 2 heterocycles. The van der Waals surface area contributed by atoms with Gasteiger partial charge in [0.25, 0.3) is 5.91 Å². The molecule has 0 aliphatic rings. The largest absolute Gasteiger partial charge is 0.397 e. The third-order valence-corrected chi connectivity index (χ3v) is 4.50. The van der Waals surface area contributed by atoms with E-state index in [2.05, 4.69) is 10.3 Å². The second-order valence-corrected chi connectivity index (χ2v) is 6.40. The molecule has 122 valence electrons. The lowest BCUT2D eigenvalue weighted by Crippen LogP contribution is -2.26. The van der Waals surface area contributed by atoms with Crippen LogP contribution in [0, 0.1) is 6.92 Å². The van der Waals surface area contributed by atoms with E-state index in [0.29, 0.717) is 10.6 Å². The summed E-state index contributed by atoms with van der Waals surface area (Å²) in [4.78, 5) is 40.1. The molecule has 1 amide bonds. The molecule has 0 aliphatic carbocycles. The van der Waals surface area contributed by atoms with E-state index in [1.807, 2.05) is 19.1 Å². The van der Waals surface area contributed by atoms with Crippen LogP contribution in [0.2, 0.25) is 0 Å². The van der Waals surface area contributed by atoms with Gasteiger partial charge in [0.05, 0.1) is 5.69 Å². The van der Waals surface area contributed by atoms with Crippen molar-refractivity contribution in [3.05, 3.63) is 22.7 Å². The molecular weight excluding hydrogens is 314 g/mol. The molecule has 0 unspecified atom stereocenters. The van der Waals surface area contributed by atoms with E-state index in [1.54, 1.807) is 0 Å². The van der Waals surface area contributed by atoms with Crippen LogP contribution in [-0.2, 0) is 9.59 Å². The van der Waals surface area contributed by atoms with Crippen LogP contribution in [0.4, 0.5) is 5.69 Å². The third kappa shape index (κ3) is 4.35. The van der Waals surface area contributed by atoms with Crippen LogP contribution in [0.3, 0.4) is 0 Å². The summed E-state index contributed by atoms with van der Waals surface area (Å²) in [7, 11) is 0. The predicted octanol–water partition coefficient (Wildman–Crippen LogP) is 2.25. The lowest BCUT2D eigenvalue weighted by molar-refractivity contribution is -0.123. The Bertz CT molecular complexity index is 767. The number of hydrogen-bond donors (Lipinski definition) is 2. The lowest BCUT2D eigenvalue weighted by Gasteiger charge is -2.03. The van der Waals surface area contributed by atoms with Gasteiger partial charge < -0.3 is 15.8 Å². The van der Waals surface area contributed by atoms with Gasteiger partial charge in [-0.05, 0) is 26.0 Å². The number of Topliss-reactive ketones (excluding diaryl/α,β-unsaturated/α-hetero) is 2. The third-order valence-electron chi connectivity index (χ3n) is 3.38. The van der Waals surface area contributed by atoms with E-state index in [1.165, 1.54) is 18.3 Å². The molecule has 0 atom stereocenters. The molecule has 0 spiro atoms. The van der Waals surface area contributed by atoms with Crippen molar-refractivity contribution in [3.8, 4) is 0 Å². The van der Waals surface area contributed by atoms with Gasteiger partial charge in [-0.3, -0.25) is 9.59 Å². The smallest absolute Gasteiger partial charge is 0.263 e. The molecule has 6 nitrogen and oxygen atoms in total. The number of nitrogens with zero attached hydrogens (tertiary/aromatic N) is 1. The number of pyridine rings is 1. The zero-order chi connectivity index (χ0) is 17.0. The number of nitrogens with one attached hydrogen (secondary N) is 1. The first-order chi connectivity index (χ1) is 10.9. The van der Waals surface area contributed by atoms with Crippen LogP contribution in [0.1, 0.15) is 41.6 Å². The number of rotatable bonds is 7. The summed E-state index contributed by atoms with van der Waals surface area (Å²) in [6.07, 6.45) is 0.682. The highest BCUT2D eigenvalue weighted by Crippen LogP contribution is 2.32. The average Bonchev–Trinajstić information content (AvgIpc) is 2.81. The summed E-state index contributed by atoms with van der Waals surface area (Å²) in [5.74, 6) is -0.354. The van der Waals surface area contributed by atoms with Crippen LogP contribution in [0.15, 0.2) is 12.1 Å². The van der Waals surface area contributed by atoms with E-state index < -0.39 is 0 Å². The van der Waals surface area contributed by atoms with Crippen LogP contribution in [0.5, 0.6) is 0 Å². The number of carbonyl (C=O) groups excluding carboxylic acids is 3. The van der Waals surface area contributed by atoms with Crippen LogP contribution in [-0.4, -0.2) is 29.0 Å². The molecule has 0 aromatic carbocycles. The summed E-state index contributed by atoms with van der Waals surface area (Å²) in [6.45, 7) is 3.56. The Morgan fingerprint density at radius 3 is 2.65 bits per heavy atom. The fourth-order valence-electron chi connectivity index (χ4n) is 2.09. The number of amides is 1. The van der Waals surface area contributed by atoms with E-state index in [-0.39, 0.29) is 43.3 Å². The van der Waals surface area contributed by atoms with E-state index in [4.69, 9.17) is 5.73 Å². The Morgan fingerprint density at radius 2 is 1.96 bits per heavy atom. The van der Waals surface area contributed by atoms with Gasteiger partial charge in [0, 0.05) is 36.9 Å². The van der Waals surface area contributed by atoms with Crippen LogP contribution < -0.4 is 11.1 Å². The second kappa shape index (κ2) is 7.32. The highest BCUT2D eigenvalue weighted by molar-refractivity contribution is 7.21. The molecule has 2 aromatic heterocycles. The maximum atomic E-state index is 12.2. The van der Waals surface area contributed by atoms with Gasteiger partial charge in [0.15, 0.2) is 0 Å². The number of nitrogen functional groups attached to an aromatic ring is 1. The molecule has 0 saturated carbocycles. The van der Waals surface area contributed by atoms with Gasteiger partial charge in [-0.1, -0.05) is 0 Å². The Hall–Kier alpha value is -2.28. The fourth-order valence-corrected chi connectivity index (χ4v) is 3.15. The van der Waals surface area contributed by atoms with Gasteiger partial charge >= 0.3 is 0 Å². The summed E-state index contributed by atoms with van der Waals surface area (Å²) >= 11 is 1.24. The van der Waals surface area contributed by atoms with Crippen molar-refractivity contribution in [1.29, 1.82) is 0 Å². The normalized spacial score (nSPS) is 10.7. The maximum absolute atomic E-state index is 12.2. The summed E-state index contributed by atoms with van der Waals surface area (Å²) in [6, 6.07) is 3.70. The number of hydrogen-bond acceptors (Lipinski definition) is 6. The minimum Gasteiger partial charge on any atom is -0.397 e. The Balaban J connectivity index is 1.95. The van der Waals surface area contributed by atoms with Gasteiger partial charge in [-0.2, -0.15) is 0 Å². The monoisotopic (exact) mass is 333 g/mol. The molecule has 3 N–H and O–H groups in total. The van der Waals surface area contributed by atoms with Gasteiger partial charge in [0.1, 0.15) is 21.3 Å². The first kappa shape index (κ1) is 17.1. The molecule has 23 heavy (non-hydrogen) atoms. The number of thiophene rings is 1. The summed E-state index contributed by atoms with van der Waals surface area (Å²) < 4.78 is 0. The number of aryl methyl sites for hydroxylation is 1. The Labute approximate surface area is 138 Å². The first-order valence-corrected chi connectivity index (χ1v) is 8.15. The molecule has 0 radical (unpaired) electrons. The predicted molar refractivity (Wildman–Crippen MR) is 90.6 cm³/mol. The van der Waals surface area contributed by atoms with Crippen molar-refractivity contribution in [2.45, 2.75) is 33.1 Å². The molecule has 2 aromatic rings. The highest BCUT2D eigenvalue weighted by atomic mass is 32.1. The van der Waals surface area contributed by atoms with E-state index in [9.17, 15) is 14.4 Å². The fraction of sp³-hybridized carbons (Fsp3) is 0.375. The number of carbonyl (C=O) groups is 3. The van der Waals surface area contributed by atoms with Gasteiger partial charge in [-0.15, -0.1) is 11.3 Å². The molecule has 0 aliphatic heterocycles. The van der Waals surface area contributed by atoms with Crippen molar-refractivity contribution in [2.75, 3.05) is 12.3 Å². The van der Waals surface area contributed by atoms with E-state index >= 15 is 0 Å². The van der Waals surface area contributed by atoms with Crippen molar-refractivity contribution in [1.82, 2.24) is 10.3 Å². The maximum Gasteiger partial charge on any atom is 0.263 e. The molecule has 0 fully saturated rings. The molecular formula is C16H19N3O3S. The SMILES string of the molecule is CC(=O)CCC(=O)CCNC(=O)c1sc2nc(C)ccc2c1N. The van der Waals surface area contributed by atoms with Crippen molar-refractivity contribution < 1.29 is 14.4 Å². The number of nitrogens with two attached hydrogens (primary N) is 1.